The molecule has 0 aliphatic carbocycles. The first kappa shape index (κ1) is 15.6. The summed E-state index contributed by atoms with van der Waals surface area (Å²) < 4.78 is 11.3. The quantitative estimate of drug-likeness (QED) is 0.704. The van der Waals surface area contributed by atoms with Crippen LogP contribution in [0, 0.1) is 0 Å². The highest BCUT2D eigenvalue weighted by Crippen LogP contribution is 2.20. The van der Waals surface area contributed by atoms with Gasteiger partial charge in [-0.25, -0.2) is 4.79 Å². The standard InChI is InChI=1S/C18H15NO5/c1-11(23-12-5-3-2-4-6-12)24-13-7-8-14-16(9-13)19-10-15(17(14)20)18(21)22/h2-11H,1H3,(H,19,20)(H,21,22). The van der Waals surface area contributed by atoms with E-state index in [-0.39, 0.29) is 5.56 Å². The van der Waals surface area contributed by atoms with E-state index < -0.39 is 17.7 Å². The lowest BCUT2D eigenvalue weighted by Gasteiger charge is -2.16. The van der Waals surface area contributed by atoms with E-state index in [0.29, 0.717) is 22.4 Å². The molecule has 0 fully saturated rings. The molecule has 0 saturated carbocycles. The van der Waals surface area contributed by atoms with Gasteiger partial charge in [-0.2, -0.15) is 0 Å². The number of H-pyrrole nitrogens is 1. The summed E-state index contributed by atoms with van der Waals surface area (Å²) in [4.78, 5) is 25.9. The second-order valence-corrected chi connectivity index (χ2v) is 5.16. The van der Waals surface area contributed by atoms with Gasteiger partial charge in [-0.05, 0) is 24.3 Å². The molecule has 6 nitrogen and oxygen atoms in total. The van der Waals surface area contributed by atoms with E-state index in [1.54, 1.807) is 19.1 Å². The third kappa shape index (κ3) is 3.22. The van der Waals surface area contributed by atoms with Gasteiger partial charge in [0.1, 0.15) is 17.1 Å². The number of aromatic nitrogens is 1. The van der Waals surface area contributed by atoms with Gasteiger partial charge in [0.25, 0.3) is 0 Å². The number of ether oxygens (including phenoxy) is 2. The summed E-state index contributed by atoms with van der Waals surface area (Å²) >= 11 is 0. The van der Waals surface area contributed by atoms with Gasteiger partial charge in [0.15, 0.2) is 0 Å². The average Bonchev–Trinajstić information content (AvgIpc) is 2.55. The Balaban J connectivity index is 1.82. The van der Waals surface area contributed by atoms with Crippen LogP contribution in [0.25, 0.3) is 10.9 Å². The molecule has 24 heavy (non-hydrogen) atoms. The molecule has 0 radical (unpaired) electrons. The number of pyridine rings is 1. The highest BCUT2D eigenvalue weighted by molar-refractivity contribution is 5.92. The van der Waals surface area contributed by atoms with Crippen LogP contribution in [0.2, 0.25) is 0 Å². The lowest BCUT2D eigenvalue weighted by atomic mass is 10.1. The summed E-state index contributed by atoms with van der Waals surface area (Å²) in [5.74, 6) is -0.0710. The first-order valence-electron chi connectivity index (χ1n) is 7.31. The van der Waals surface area contributed by atoms with E-state index in [4.69, 9.17) is 14.6 Å². The summed E-state index contributed by atoms with van der Waals surface area (Å²) in [5, 5.41) is 9.27. The molecule has 2 N–H and O–H groups in total. The number of nitrogens with one attached hydrogen (secondary N) is 1. The van der Waals surface area contributed by atoms with E-state index >= 15 is 0 Å². The molecule has 1 heterocycles. The van der Waals surface area contributed by atoms with Gasteiger partial charge in [-0.15, -0.1) is 0 Å². The molecule has 1 aromatic heterocycles. The van der Waals surface area contributed by atoms with Crippen molar-refractivity contribution in [2.75, 3.05) is 0 Å². The Labute approximate surface area is 137 Å². The zero-order valence-electron chi connectivity index (χ0n) is 12.9. The molecule has 0 aliphatic rings. The highest BCUT2D eigenvalue weighted by Gasteiger charge is 2.12. The third-order valence-electron chi connectivity index (χ3n) is 3.43. The lowest BCUT2D eigenvalue weighted by Crippen LogP contribution is -2.20. The monoisotopic (exact) mass is 325 g/mol. The number of aromatic carboxylic acids is 1. The molecule has 1 unspecified atom stereocenters. The van der Waals surface area contributed by atoms with E-state index in [9.17, 15) is 9.59 Å². The molecule has 6 heteroatoms. The highest BCUT2D eigenvalue weighted by atomic mass is 16.7. The Bertz CT molecular complexity index is 933. The minimum atomic E-state index is -1.26. The van der Waals surface area contributed by atoms with Crippen molar-refractivity contribution in [1.82, 2.24) is 4.98 Å². The van der Waals surface area contributed by atoms with Crippen LogP contribution in [-0.4, -0.2) is 22.3 Å². The normalized spacial score (nSPS) is 11.9. The topological polar surface area (TPSA) is 88.6 Å². The lowest BCUT2D eigenvalue weighted by molar-refractivity contribution is 0.0224. The number of para-hydroxylation sites is 1. The van der Waals surface area contributed by atoms with Crippen LogP contribution in [0.3, 0.4) is 0 Å². The van der Waals surface area contributed by atoms with Crippen molar-refractivity contribution in [3.8, 4) is 11.5 Å². The molecule has 0 saturated heterocycles. The van der Waals surface area contributed by atoms with Crippen LogP contribution >= 0.6 is 0 Å². The number of carbonyl (C=O) groups is 1. The third-order valence-corrected chi connectivity index (χ3v) is 3.43. The largest absolute Gasteiger partial charge is 0.477 e. The van der Waals surface area contributed by atoms with Gasteiger partial charge < -0.3 is 19.6 Å². The molecule has 0 amide bonds. The SMILES string of the molecule is CC(Oc1ccccc1)Oc1ccc2c(=O)c(C(=O)O)c[nH]c2c1. The van der Waals surface area contributed by atoms with Gasteiger partial charge in [0.2, 0.25) is 11.7 Å². The number of hydrogen-bond acceptors (Lipinski definition) is 4. The van der Waals surface area contributed by atoms with Crippen LogP contribution in [0.1, 0.15) is 17.3 Å². The van der Waals surface area contributed by atoms with Crippen LogP contribution in [0.15, 0.2) is 59.5 Å². The minimum Gasteiger partial charge on any atom is -0.477 e. The molecule has 0 aliphatic heterocycles. The van der Waals surface area contributed by atoms with Crippen molar-refractivity contribution in [2.45, 2.75) is 13.2 Å². The summed E-state index contributed by atoms with van der Waals surface area (Å²) in [6.07, 6.45) is 0.649. The zero-order chi connectivity index (χ0) is 17.1. The van der Waals surface area contributed by atoms with Crippen LogP contribution in [-0.2, 0) is 0 Å². The van der Waals surface area contributed by atoms with Crippen molar-refractivity contribution in [1.29, 1.82) is 0 Å². The smallest absolute Gasteiger partial charge is 0.341 e. The van der Waals surface area contributed by atoms with E-state index in [1.807, 2.05) is 30.3 Å². The molecular weight excluding hydrogens is 310 g/mol. The molecule has 3 rings (SSSR count). The van der Waals surface area contributed by atoms with Crippen molar-refractivity contribution in [2.24, 2.45) is 0 Å². The van der Waals surface area contributed by atoms with Gasteiger partial charge in [-0.1, -0.05) is 18.2 Å². The fourth-order valence-corrected chi connectivity index (χ4v) is 2.34. The molecule has 0 bridgehead atoms. The predicted octanol–water partition coefficient (Wildman–Crippen LogP) is 3.03. The predicted molar refractivity (Wildman–Crippen MR) is 88.7 cm³/mol. The maximum Gasteiger partial charge on any atom is 0.341 e. The fraction of sp³-hybridized carbons (Fsp3) is 0.111. The fourth-order valence-electron chi connectivity index (χ4n) is 2.34. The summed E-state index contributed by atoms with van der Waals surface area (Å²) in [6.45, 7) is 1.76. The molecule has 2 aromatic carbocycles. The molecule has 122 valence electrons. The maximum atomic E-state index is 12.1. The molecular formula is C18H15NO5. The van der Waals surface area contributed by atoms with Crippen LogP contribution in [0.5, 0.6) is 11.5 Å². The maximum absolute atomic E-state index is 12.1. The number of benzene rings is 2. The van der Waals surface area contributed by atoms with Crippen LogP contribution < -0.4 is 14.9 Å². The van der Waals surface area contributed by atoms with E-state index in [0.717, 1.165) is 0 Å². The van der Waals surface area contributed by atoms with E-state index in [1.165, 1.54) is 12.3 Å². The minimum absolute atomic E-state index is 0.291. The number of hydrogen-bond donors (Lipinski definition) is 2. The van der Waals surface area contributed by atoms with Crippen molar-refractivity contribution in [3.05, 3.63) is 70.5 Å². The first-order chi connectivity index (χ1) is 11.5. The first-order valence-corrected chi connectivity index (χ1v) is 7.31. The Kier molecular flexibility index (Phi) is 4.20. The van der Waals surface area contributed by atoms with Crippen molar-refractivity contribution in [3.63, 3.8) is 0 Å². The Morgan fingerprint density at radius 2 is 1.79 bits per heavy atom. The van der Waals surface area contributed by atoms with Crippen LogP contribution in [0.4, 0.5) is 0 Å². The zero-order valence-corrected chi connectivity index (χ0v) is 12.9. The Hall–Kier alpha value is -3.28. The van der Waals surface area contributed by atoms with Crippen molar-refractivity contribution < 1.29 is 19.4 Å². The number of carboxylic acid groups (broad SMARTS) is 1. The van der Waals surface area contributed by atoms with E-state index in [2.05, 4.69) is 4.98 Å². The second-order valence-electron chi connectivity index (χ2n) is 5.16. The molecule has 0 spiro atoms. The summed E-state index contributed by atoms with van der Waals surface area (Å²) in [5.41, 5.74) is -0.331. The summed E-state index contributed by atoms with van der Waals surface area (Å²) in [7, 11) is 0. The molecule has 1 atom stereocenters. The Morgan fingerprint density at radius 1 is 1.08 bits per heavy atom. The number of carboxylic acids is 1. The number of aromatic amines is 1. The second kappa shape index (κ2) is 6.45. The van der Waals surface area contributed by atoms with Gasteiger partial charge >= 0.3 is 5.97 Å². The van der Waals surface area contributed by atoms with Gasteiger partial charge in [0.05, 0.1) is 5.52 Å². The Morgan fingerprint density at radius 3 is 2.50 bits per heavy atom. The van der Waals surface area contributed by atoms with Gasteiger partial charge in [-0.3, -0.25) is 4.79 Å². The van der Waals surface area contributed by atoms with Crippen molar-refractivity contribution >= 4 is 16.9 Å². The number of rotatable bonds is 5. The van der Waals surface area contributed by atoms with Gasteiger partial charge in [0, 0.05) is 24.6 Å². The molecule has 3 aromatic rings. The number of fused-ring (bicyclic) bond motifs is 1. The average molecular weight is 325 g/mol. The summed E-state index contributed by atoms with van der Waals surface area (Å²) in [6, 6.07) is 14.0.